The van der Waals surface area contributed by atoms with Crippen molar-refractivity contribution in [2.75, 3.05) is 66.0 Å². The van der Waals surface area contributed by atoms with Crippen LogP contribution < -0.4 is 12.4 Å². The first-order valence-corrected chi connectivity index (χ1v) is 11.0. The van der Waals surface area contributed by atoms with E-state index in [0.29, 0.717) is 29.9 Å². The number of ether oxygens (including phenoxy) is 4. The highest BCUT2D eigenvalue weighted by Gasteiger charge is 2.29. The number of quaternary nitrogens is 1. The standard InChI is InChI=1S/C23H40NO5.ClH/c1-4-15-26-18-12-24(13-19-27-16-5-2,14-20-28-17-6-3)21-29-23(25)22-10-8-7-9-11-22;/h7-11H,4-6,12-21H2,1-3H3;1H/q+1;/p-1. The summed E-state index contributed by atoms with van der Waals surface area (Å²) >= 11 is 0. The molecule has 174 valence electrons. The molecule has 0 aliphatic heterocycles. The molecule has 0 heterocycles. The van der Waals surface area contributed by atoms with Gasteiger partial charge >= 0.3 is 5.97 Å². The van der Waals surface area contributed by atoms with E-state index in [2.05, 4.69) is 20.8 Å². The van der Waals surface area contributed by atoms with Crippen LogP contribution in [0.25, 0.3) is 0 Å². The molecule has 0 bridgehead atoms. The Balaban J connectivity index is 0.00000841. The number of esters is 1. The molecule has 7 heteroatoms. The van der Waals surface area contributed by atoms with Crippen molar-refractivity contribution >= 4 is 5.97 Å². The average Bonchev–Trinajstić information content (AvgIpc) is 2.76. The highest BCUT2D eigenvalue weighted by Crippen LogP contribution is 2.11. The van der Waals surface area contributed by atoms with Crippen LogP contribution in [0.5, 0.6) is 0 Å². The lowest BCUT2D eigenvalue weighted by atomic mass is 10.2. The lowest BCUT2D eigenvalue weighted by molar-refractivity contribution is -0.944. The lowest BCUT2D eigenvalue weighted by Crippen LogP contribution is -3.00. The SMILES string of the molecule is CCCOCC[N+](CCOCCC)(CCOCCC)COC(=O)c1ccccc1.[Cl-]. The Morgan fingerprint density at radius 2 is 1.17 bits per heavy atom. The second kappa shape index (κ2) is 18.6. The van der Waals surface area contributed by atoms with Crippen molar-refractivity contribution in [3.05, 3.63) is 35.9 Å². The maximum absolute atomic E-state index is 12.5. The molecule has 6 nitrogen and oxygen atoms in total. The van der Waals surface area contributed by atoms with Gasteiger partial charge in [-0.3, -0.25) is 4.48 Å². The number of rotatable bonds is 18. The third-order valence-electron chi connectivity index (χ3n) is 4.65. The molecule has 1 rings (SSSR count). The zero-order valence-electron chi connectivity index (χ0n) is 18.9. The quantitative estimate of drug-likeness (QED) is 0.145. The smallest absolute Gasteiger partial charge is 0.342 e. The number of hydrogen-bond acceptors (Lipinski definition) is 5. The predicted octanol–water partition coefficient (Wildman–Crippen LogP) is 0.902. The van der Waals surface area contributed by atoms with E-state index in [0.717, 1.165) is 58.7 Å². The molecule has 0 unspecified atom stereocenters. The monoisotopic (exact) mass is 445 g/mol. The number of nitrogens with zero attached hydrogens (tertiary/aromatic N) is 1. The Labute approximate surface area is 188 Å². The van der Waals surface area contributed by atoms with Crippen molar-refractivity contribution in [1.82, 2.24) is 0 Å². The number of halogens is 1. The molecule has 0 N–H and O–H groups in total. The summed E-state index contributed by atoms with van der Waals surface area (Å²) in [5.41, 5.74) is 0.567. The van der Waals surface area contributed by atoms with Gasteiger partial charge in [0.2, 0.25) is 6.73 Å². The van der Waals surface area contributed by atoms with E-state index in [1.165, 1.54) is 0 Å². The largest absolute Gasteiger partial charge is 1.00 e. The number of carbonyl (C=O) groups excluding carboxylic acids is 1. The van der Waals surface area contributed by atoms with Crippen LogP contribution in [-0.4, -0.2) is 76.5 Å². The second-order valence-corrected chi connectivity index (χ2v) is 7.28. The fraction of sp³-hybridized carbons (Fsp3) is 0.696. The van der Waals surface area contributed by atoms with Gasteiger partial charge in [-0.1, -0.05) is 39.0 Å². The molecule has 0 atom stereocenters. The number of hydrogen-bond donors (Lipinski definition) is 0. The van der Waals surface area contributed by atoms with Gasteiger partial charge in [0.1, 0.15) is 19.6 Å². The summed E-state index contributed by atoms with van der Waals surface area (Å²) in [5, 5.41) is 0. The highest BCUT2D eigenvalue weighted by atomic mass is 35.5. The molecular weight excluding hydrogens is 406 g/mol. The van der Waals surface area contributed by atoms with Crippen molar-refractivity contribution < 1.29 is 40.6 Å². The predicted molar refractivity (Wildman–Crippen MR) is 115 cm³/mol. The average molecular weight is 446 g/mol. The third kappa shape index (κ3) is 12.5. The molecule has 30 heavy (non-hydrogen) atoms. The molecule has 0 saturated heterocycles. The van der Waals surface area contributed by atoms with Crippen LogP contribution in [0.3, 0.4) is 0 Å². The first-order chi connectivity index (χ1) is 14.2. The fourth-order valence-corrected chi connectivity index (χ4v) is 2.90. The van der Waals surface area contributed by atoms with Gasteiger partial charge in [0.15, 0.2) is 0 Å². The van der Waals surface area contributed by atoms with Crippen LogP contribution in [0, 0.1) is 0 Å². The number of benzene rings is 1. The Morgan fingerprint density at radius 3 is 1.57 bits per heavy atom. The van der Waals surface area contributed by atoms with Crippen LogP contribution in [0.1, 0.15) is 50.4 Å². The van der Waals surface area contributed by atoms with Crippen LogP contribution in [0.2, 0.25) is 0 Å². The third-order valence-corrected chi connectivity index (χ3v) is 4.65. The van der Waals surface area contributed by atoms with Gasteiger partial charge < -0.3 is 31.4 Å². The van der Waals surface area contributed by atoms with Crippen molar-refractivity contribution in [2.45, 2.75) is 40.0 Å². The first-order valence-electron chi connectivity index (χ1n) is 11.0. The zero-order valence-corrected chi connectivity index (χ0v) is 19.7. The van der Waals surface area contributed by atoms with Gasteiger partial charge in [0, 0.05) is 19.8 Å². The molecule has 0 aliphatic rings. The minimum absolute atomic E-state index is 0. The molecule has 1 aromatic carbocycles. The fourth-order valence-electron chi connectivity index (χ4n) is 2.90. The minimum Gasteiger partial charge on any atom is -1.00 e. The van der Waals surface area contributed by atoms with Crippen LogP contribution in [0.15, 0.2) is 30.3 Å². The van der Waals surface area contributed by atoms with Gasteiger partial charge in [0.25, 0.3) is 0 Å². The minimum atomic E-state index is -0.300. The van der Waals surface area contributed by atoms with Crippen molar-refractivity contribution in [1.29, 1.82) is 0 Å². The van der Waals surface area contributed by atoms with E-state index >= 15 is 0 Å². The molecule has 0 amide bonds. The maximum atomic E-state index is 12.5. The van der Waals surface area contributed by atoms with E-state index in [9.17, 15) is 4.79 Å². The summed E-state index contributed by atoms with van der Waals surface area (Å²) in [5.74, 6) is -0.300. The molecule has 0 fully saturated rings. The van der Waals surface area contributed by atoms with Crippen molar-refractivity contribution in [2.24, 2.45) is 0 Å². The van der Waals surface area contributed by atoms with Gasteiger partial charge in [-0.2, -0.15) is 0 Å². The summed E-state index contributed by atoms with van der Waals surface area (Å²) < 4.78 is 23.6. The van der Waals surface area contributed by atoms with Gasteiger partial charge in [0.05, 0.1) is 25.4 Å². The maximum Gasteiger partial charge on any atom is 0.342 e. The van der Waals surface area contributed by atoms with Crippen LogP contribution in [0.4, 0.5) is 0 Å². The summed E-state index contributed by atoms with van der Waals surface area (Å²) in [7, 11) is 0. The molecule has 1 aromatic rings. The van der Waals surface area contributed by atoms with Gasteiger partial charge in [-0.05, 0) is 31.4 Å². The van der Waals surface area contributed by atoms with E-state index < -0.39 is 0 Å². The van der Waals surface area contributed by atoms with Gasteiger partial charge in [-0.25, -0.2) is 4.79 Å². The van der Waals surface area contributed by atoms with E-state index in [1.54, 1.807) is 12.1 Å². The normalized spacial score (nSPS) is 11.2. The Bertz CT molecular complexity index is 498. The topological polar surface area (TPSA) is 54.0 Å². The molecular formula is C23H40ClNO5. The first kappa shape index (κ1) is 28.8. The zero-order chi connectivity index (χ0) is 21.2. The summed E-state index contributed by atoms with van der Waals surface area (Å²) in [4.78, 5) is 12.5. The molecule has 0 radical (unpaired) electrons. The molecule has 0 saturated carbocycles. The van der Waals surface area contributed by atoms with E-state index in [1.807, 2.05) is 18.2 Å². The highest BCUT2D eigenvalue weighted by molar-refractivity contribution is 5.89. The van der Waals surface area contributed by atoms with Crippen molar-refractivity contribution in [3.8, 4) is 0 Å². The number of carbonyl (C=O) groups is 1. The van der Waals surface area contributed by atoms with Crippen LogP contribution in [-0.2, 0) is 18.9 Å². The Morgan fingerprint density at radius 1 is 0.733 bits per heavy atom. The van der Waals surface area contributed by atoms with Crippen LogP contribution >= 0.6 is 0 Å². The molecule has 0 aliphatic carbocycles. The van der Waals surface area contributed by atoms with Crippen molar-refractivity contribution in [3.63, 3.8) is 0 Å². The van der Waals surface area contributed by atoms with E-state index in [4.69, 9.17) is 18.9 Å². The van der Waals surface area contributed by atoms with E-state index in [-0.39, 0.29) is 25.1 Å². The van der Waals surface area contributed by atoms with Gasteiger partial charge in [-0.15, -0.1) is 0 Å². The lowest BCUT2D eigenvalue weighted by Gasteiger charge is -2.37. The summed E-state index contributed by atoms with van der Waals surface area (Å²) in [6.07, 6.45) is 2.96. The Kier molecular flexibility index (Phi) is 17.8. The summed E-state index contributed by atoms with van der Waals surface area (Å²) in [6, 6.07) is 9.12. The second-order valence-electron chi connectivity index (χ2n) is 7.28. The molecule has 0 spiro atoms. The Hall–Kier alpha value is -1.18. The summed E-state index contributed by atoms with van der Waals surface area (Å²) in [6.45, 7) is 12.9. The molecule has 0 aromatic heterocycles.